The predicted octanol–water partition coefficient (Wildman–Crippen LogP) is 10.0. The molecule has 0 bridgehead atoms. The Morgan fingerprint density at radius 2 is 1.74 bits per heavy atom. The molecule has 0 radical (unpaired) electrons. The first-order chi connectivity index (χ1) is 21.8. The second-order valence-electron chi connectivity index (χ2n) is 17.2. The molecule has 1 heterocycles. The van der Waals surface area contributed by atoms with Crippen molar-refractivity contribution in [1.29, 1.82) is 0 Å². The van der Waals surface area contributed by atoms with Gasteiger partial charge >= 0.3 is 5.97 Å². The van der Waals surface area contributed by atoms with E-state index in [9.17, 15) is 4.79 Å². The highest BCUT2D eigenvalue weighted by molar-refractivity contribution is 7.99. The number of hydrogen-bond acceptors (Lipinski definition) is 5. The van der Waals surface area contributed by atoms with Gasteiger partial charge in [-0.3, -0.25) is 4.79 Å². The van der Waals surface area contributed by atoms with Gasteiger partial charge in [0.15, 0.2) is 5.16 Å². The maximum atomic E-state index is 14.4. The minimum absolute atomic E-state index is 0.0120. The van der Waals surface area contributed by atoms with E-state index in [1.807, 2.05) is 18.2 Å². The number of aromatic nitrogens is 2. The number of thioether (sulfide) groups is 1. The number of esters is 1. The molecule has 5 heteroatoms. The molecule has 248 valence electrons. The molecular weight excluding hydrogens is 585 g/mol. The maximum Gasteiger partial charge on any atom is 0.313 e. The van der Waals surface area contributed by atoms with E-state index in [0.717, 1.165) is 55.0 Å². The third-order valence-corrected chi connectivity index (χ3v) is 15.8. The number of hydrogen-bond donors (Lipinski definition) is 0. The average molecular weight is 641 g/mol. The van der Waals surface area contributed by atoms with Crippen LogP contribution in [0.3, 0.4) is 0 Å². The Morgan fingerprint density at radius 1 is 0.978 bits per heavy atom. The Labute approximate surface area is 282 Å². The third-order valence-electron chi connectivity index (χ3n) is 15.0. The molecule has 7 rings (SSSR count). The van der Waals surface area contributed by atoms with Gasteiger partial charge in [-0.25, -0.2) is 9.97 Å². The van der Waals surface area contributed by atoms with Crippen LogP contribution in [0.15, 0.2) is 53.3 Å². The molecule has 3 saturated carbocycles. The first-order valence-electron chi connectivity index (χ1n) is 18.2. The molecule has 0 spiro atoms. The quantitative estimate of drug-likeness (QED) is 0.141. The summed E-state index contributed by atoms with van der Waals surface area (Å²) in [5.41, 5.74) is 5.37. The second kappa shape index (κ2) is 11.2. The highest BCUT2D eigenvalue weighted by Crippen LogP contribution is 2.75. The van der Waals surface area contributed by atoms with Crippen molar-refractivity contribution in [2.75, 3.05) is 5.75 Å². The van der Waals surface area contributed by atoms with Crippen LogP contribution in [0.1, 0.15) is 117 Å². The summed E-state index contributed by atoms with van der Waals surface area (Å²) in [5, 5.41) is 0.931. The molecular formula is C41H56N2O2S. The number of benzene rings is 1. The second-order valence-corrected chi connectivity index (χ2v) is 18.5. The molecule has 1 aromatic heterocycles. The molecule has 5 aliphatic carbocycles. The van der Waals surface area contributed by atoms with Gasteiger partial charge in [0.1, 0.15) is 6.61 Å². The Morgan fingerprint density at radius 3 is 2.48 bits per heavy atom. The minimum atomic E-state index is -0.409. The Bertz CT molecular complexity index is 1540. The van der Waals surface area contributed by atoms with Crippen LogP contribution < -0.4 is 0 Å². The fourth-order valence-electron chi connectivity index (χ4n) is 12.4. The molecule has 0 aliphatic heterocycles. The number of carbonyl (C=O) groups is 1. The Balaban J connectivity index is 1.26. The summed E-state index contributed by atoms with van der Waals surface area (Å²) < 4.78 is 6.24. The molecule has 4 nitrogen and oxygen atoms in total. The van der Waals surface area contributed by atoms with E-state index in [0.29, 0.717) is 30.3 Å². The van der Waals surface area contributed by atoms with Gasteiger partial charge in [-0.05, 0) is 114 Å². The van der Waals surface area contributed by atoms with Crippen LogP contribution in [0.25, 0.3) is 0 Å². The van der Waals surface area contributed by atoms with Crippen LogP contribution in [-0.2, 0) is 28.0 Å². The summed E-state index contributed by atoms with van der Waals surface area (Å²) in [6, 6.07) is 10.2. The Hall–Kier alpha value is -2.14. The van der Waals surface area contributed by atoms with Crippen molar-refractivity contribution in [3.63, 3.8) is 0 Å². The number of allylic oxidation sites excluding steroid dienone is 2. The number of ether oxygens (including phenoxy) is 1. The van der Waals surface area contributed by atoms with E-state index in [1.165, 1.54) is 24.1 Å². The van der Waals surface area contributed by atoms with Crippen molar-refractivity contribution >= 4 is 17.7 Å². The third kappa shape index (κ3) is 4.48. The lowest BCUT2D eigenvalue weighted by atomic mass is 9.33. The zero-order chi connectivity index (χ0) is 32.7. The van der Waals surface area contributed by atoms with E-state index in [1.54, 1.807) is 17.3 Å². The molecule has 0 saturated heterocycles. The average Bonchev–Trinajstić information content (AvgIpc) is 3.03. The highest BCUT2D eigenvalue weighted by Gasteiger charge is 2.69. The van der Waals surface area contributed by atoms with E-state index in [-0.39, 0.29) is 33.5 Å². The fraction of sp³-hybridized carbons (Fsp3) is 0.683. The number of rotatable bonds is 5. The fourth-order valence-corrected chi connectivity index (χ4v) is 12.9. The van der Waals surface area contributed by atoms with Gasteiger partial charge in [-0.2, -0.15) is 0 Å². The lowest BCUT2D eigenvalue weighted by molar-refractivity contribution is -0.184. The summed E-state index contributed by atoms with van der Waals surface area (Å²) >= 11 is 1.76. The van der Waals surface area contributed by atoms with Crippen molar-refractivity contribution in [3.05, 3.63) is 65.0 Å². The van der Waals surface area contributed by atoms with Gasteiger partial charge < -0.3 is 4.74 Å². The zero-order valence-corrected chi connectivity index (χ0v) is 30.4. The van der Waals surface area contributed by atoms with Crippen molar-refractivity contribution in [2.45, 2.75) is 124 Å². The molecule has 0 N–H and O–H groups in total. The molecule has 0 unspecified atom stereocenters. The highest BCUT2D eigenvalue weighted by atomic mass is 32.2. The van der Waals surface area contributed by atoms with Crippen LogP contribution in [0.5, 0.6) is 0 Å². The van der Waals surface area contributed by atoms with Crippen molar-refractivity contribution in [1.82, 2.24) is 9.97 Å². The van der Waals surface area contributed by atoms with E-state index >= 15 is 0 Å². The first kappa shape index (κ1) is 32.4. The van der Waals surface area contributed by atoms with E-state index in [2.05, 4.69) is 79.8 Å². The van der Waals surface area contributed by atoms with Crippen LogP contribution in [0.4, 0.5) is 0 Å². The summed E-state index contributed by atoms with van der Waals surface area (Å²) in [5.74, 6) is 3.54. The number of nitrogens with zero attached hydrogens (tertiary/aromatic N) is 2. The van der Waals surface area contributed by atoms with Crippen LogP contribution in [0.2, 0.25) is 0 Å². The molecule has 0 amide bonds. The van der Waals surface area contributed by atoms with Crippen molar-refractivity contribution in [3.8, 4) is 0 Å². The lowest BCUT2D eigenvalue weighted by Gasteiger charge is -2.70. The first-order valence-corrected chi connectivity index (χ1v) is 19.2. The van der Waals surface area contributed by atoms with Gasteiger partial charge in [0.2, 0.25) is 0 Å². The number of carbonyl (C=O) groups excluding carboxylic acids is 1. The molecule has 9 atom stereocenters. The Kier molecular flexibility index (Phi) is 7.90. The molecule has 3 fully saturated rings. The standard InChI is InChI=1S/C41H56N2O2S/c1-9-46-36-42-24-29-23-38(6)31(37(4,5)34(29)43-36)18-19-40(8)32(38)16-15-30-33-27(3)26(2)17-20-41(33,22-21-39(30,40)7)35(44)45-25-28-13-11-10-12-14-28/h10-15,24,26-27,31-33H,9,16-23,25H2,1-8H3/t26-,27+,31+,32-,33+,38+,39-,40-,41+/m1/s1. The van der Waals surface area contributed by atoms with Crippen molar-refractivity contribution < 1.29 is 9.53 Å². The van der Waals surface area contributed by atoms with Crippen LogP contribution in [0, 0.1) is 51.2 Å². The van der Waals surface area contributed by atoms with E-state index in [4.69, 9.17) is 14.7 Å². The van der Waals surface area contributed by atoms with Gasteiger partial charge in [0.05, 0.1) is 11.1 Å². The van der Waals surface area contributed by atoms with Crippen LogP contribution >= 0.6 is 11.8 Å². The summed E-state index contributed by atoms with van der Waals surface area (Å²) in [7, 11) is 0. The summed E-state index contributed by atoms with van der Waals surface area (Å²) in [6.45, 7) is 20.2. The van der Waals surface area contributed by atoms with E-state index < -0.39 is 5.41 Å². The van der Waals surface area contributed by atoms with Crippen molar-refractivity contribution in [2.24, 2.45) is 51.2 Å². The largest absolute Gasteiger partial charge is 0.460 e. The van der Waals surface area contributed by atoms with Gasteiger partial charge in [-0.1, -0.05) is 109 Å². The molecule has 5 aliphatic rings. The van der Waals surface area contributed by atoms with Gasteiger partial charge in [-0.15, -0.1) is 0 Å². The van der Waals surface area contributed by atoms with Gasteiger partial charge in [0.25, 0.3) is 0 Å². The molecule has 1 aromatic carbocycles. The smallest absolute Gasteiger partial charge is 0.313 e. The predicted molar refractivity (Wildman–Crippen MR) is 187 cm³/mol. The summed E-state index contributed by atoms with van der Waals surface area (Å²) in [6.07, 6.45) is 13.6. The minimum Gasteiger partial charge on any atom is -0.460 e. The SMILES string of the molecule is CCSc1ncc2c(n1)C(C)(C)[C@@H]1CC[C@]3(C)[C@H](CC=C4[C@@H]5[C@@H](C)[C@H](C)CC[C@]5(C(=O)OCc5ccccc5)CC[C@]43C)[C@@]1(C)C2. The normalized spacial score (nSPS) is 40.7. The molecule has 46 heavy (non-hydrogen) atoms. The topological polar surface area (TPSA) is 52.1 Å². The zero-order valence-electron chi connectivity index (χ0n) is 29.6. The monoisotopic (exact) mass is 640 g/mol. The number of fused-ring (bicyclic) bond motifs is 8. The van der Waals surface area contributed by atoms with Gasteiger partial charge in [0, 0.05) is 11.6 Å². The summed E-state index contributed by atoms with van der Waals surface area (Å²) in [4.78, 5) is 24.4. The molecule has 2 aromatic rings. The lowest BCUT2D eigenvalue weighted by Crippen LogP contribution is -2.65. The van der Waals surface area contributed by atoms with Crippen LogP contribution in [-0.4, -0.2) is 21.7 Å². The maximum absolute atomic E-state index is 14.4.